The first-order chi connectivity index (χ1) is 12.4. The van der Waals surface area contributed by atoms with E-state index in [0.717, 1.165) is 23.3 Å². The number of hydrogen-bond donors (Lipinski definition) is 2. The van der Waals surface area contributed by atoms with Crippen LogP contribution in [0.1, 0.15) is 5.56 Å². The molecule has 1 heterocycles. The molecule has 0 radical (unpaired) electrons. The monoisotopic (exact) mass is 439 g/mol. The zero-order valence-electron chi connectivity index (χ0n) is 15.9. The maximum absolute atomic E-state index is 5.75. The number of allylic oxidation sites excluding steroid dienone is 1. The van der Waals surface area contributed by atoms with Crippen molar-refractivity contribution in [3.63, 3.8) is 0 Å². The summed E-state index contributed by atoms with van der Waals surface area (Å²) in [4.78, 5) is 0. The van der Waals surface area contributed by atoms with E-state index in [2.05, 4.69) is 58.4 Å². The Morgan fingerprint density at radius 2 is 1.88 bits per heavy atom. The Bertz CT molecular complexity index is 603. The first kappa shape index (κ1) is 21.0. The van der Waals surface area contributed by atoms with Crippen molar-refractivity contribution in [2.75, 3.05) is 26.5 Å². The lowest BCUT2D eigenvalue weighted by atomic mass is 10.2. The molecule has 0 amide bonds. The molecule has 5 nitrogen and oxygen atoms in total. The summed E-state index contributed by atoms with van der Waals surface area (Å²) in [6, 6.07) is 11.4. The normalized spacial score (nSPS) is 14.5. The molecular weight excluding hydrogens is 410 g/mol. The van der Waals surface area contributed by atoms with Crippen LogP contribution in [0.25, 0.3) is 0 Å². The number of ether oxygens (including phenoxy) is 2. The van der Waals surface area contributed by atoms with Gasteiger partial charge in [0.15, 0.2) is 0 Å². The average Bonchev–Trinajstić information content (AvgIpc) is 2.60. The van der Waals surface area contributed by atoms with Gasteiger partial charge in [0.05, 0.1) is 23.4 Å². The van der Waals surface area contributed by atoms with E-state index < -0.39 is 8.07 Å². The van der Waals surface area contributed by atoms with E-state index in [0.29, 0.717) is 19.9 Å². The fourth-order valence-electron chi connectivity index (χ4n) is 2.23. The molecule has 1 aliphatic heterocycles. The molecule has 0 unspecified atom stereocenters. The molecule has 7 heteroatoms. The van der Waals surface area contributed by atoms with Gasteiger partial charge in [0.2, 0.25) is 0 Å². The van der Waals surface area contributed by atoms with Crippen LogP contribution >= 0.6 is 15.9 Å². The van der Waals surface area contributed by atoms with Gasteiger partial charge in [-0.1, -0.05) is 50.0 Å². The highest BCUT2D eigenvalue weighted by atomic mass is 79.9. The highest BCUT2D eigenvalue weighted by Gasteiger charge is 2.14. The summed E-state index contributed by atoms with van der Waals surface area (Å²) < 4.78 is 12.4. The molecule has 26 heavy (non-hydrogen) atoms. The summed E-state index contributed by atoms with van der Waals surface area (Å²) >= 11 is 3.60. The molecule has 2 N–H and O–H groups in total. The Morgan fingerprint density at radius 1 is 1.12 bits per heavy atom. The maximum Gasteiger partial charge on any atom is 0.137 e. The van der Waals surface area contributed by atoms with Gasteiger partial charge in [-0.15, -0.1) is 0 Å². The van der Waals surface area contributed by atoms with Crippen LogP contribution in [0.5, 0.6) is 0 Å². The molecule has 1 aromatic carbocycles. The second-order valence-corrected chi connectivity index (χ2v) is 13.9. The summed E-state index contributed by atoms with van der Waals surface area (Å²) in [5.74, 6) is 0. The molecular formula is C19H30BrN3O2Si. The van der Waals surface area contributed by atoms with Gasteiger partial charge in [-0.05, 0) is 27.5 Å². The minimum absolute atomic E-state index is 0.531. The molecule has 0 aliphatic carbocycles. The van der Waals surface area contributed by atoms with Crippen LogP contribution in [-0.4, -0.2) is 39.6 Å². The SMILES string of the molecule is C[Si](C)(C)CCOCN1C=C(Br)C(NCCOCc2ccccc2)=CN1. The summed E-state index contributed by atoms with van der Waals surface area (Å²) in [6.45, 7) is 10.4. The summed E-state index contributed by atoms with van der Waals surface area (Å²) in [6.07, 6.45) is 3.92. The van der Waals surface area contributed by atoms with Crippen LogP contribution in [-0.2, 0) is 16.1 Å². The van der Waals surface area contributed by atoms with Gasteiger partial charge in [-0.3, -0.25) is 5.01 Å². The third-order valence-corrected chi connectivity index (χ3v) is 6.14. The van der Waals surface area contributed by atoms with Crippen molar-refractivity contribution in [2.24, 2.45) is 0 Å². The predicted octanol–water partition coefficient (Wildman–Crippen LogP) is 4.00. The van der Waals surface area contributed by atoms with Crippen molar-refractivity contribution in [3.8, 4) is 0 Å². The first-order valence-corrected chi connectivity index (χ1v) is 13.5. The van der Waals surface area contributed by atoms with Crippen molar-refractivity contribution in [1.29, 1.82) is 0 Å². The van der Waals surface area contributed by atoms with E-state index in [1.807, 2.05) is 35.6 Å². The van der Waals surface area contributed by atoms with Gasteiger partial charge in [0.1, 0.15) is 6.73 Å². The molecule has 1 aromatic rings. The van der Waals surface area contributed by atoms with E-state index in [9.17, 15) is 0 Å². The van der Waals surface area contributed by atoms with Gasteiger partial charge >= 0.3 is 0 Å². The highest BCUT2D eigenvalue weighted by molar-refractivity contribution is 9.12. The maximum atomic E-state index is 5.75. The van der Waals surface area contributed by atoms with Crippen LogP contribution in [0.4, 0.5) is 0 Å². The van der Waals surface area contributed by atoms with E-state index >= 15 is 0 Å². The minimum atomic E-state index is -1.03. The molecule has 0 spiro atoms. The lowest BCUT2D eigenvalue weighted by molar-refractivity contribution is 0.0434. The topological polar surface area (TPSA) is 45.8 Å². The van der Waals surface area contributed by atoms with Crippen LogP contribution in [0.15, 0.2) is 52.9 Å². The minimum Gasteiger partial charge on any atom is -0.381 e. The molecule has 0 atom stereocenters. The fourth-order valence-corrected chi connectivity index (χ4v) is 3.49. The van der Waals surface area contributed by atoms with Gasteiger partial charge in [0.25, 0.3) is 0 Å². The van der Waals surface area contributed by atoms with Crippen molar-refractivity contribution < 1.29 is 9.47 Å². The third kappa shape index (κ3) is 8.40. The van der Waals surface area contributed by atoms with Crippen molar-refractivity contribution in [1.82, 2.24) is 15.8 Å². The molecule has 2 rings (SSSR count). The van der Waals surface area contributed by atoms with Crippen LogP contribution in [0.3, 0.4) is 0 Å². The lowest BCUT2D eigenvalue weighted by Gasteiger charge is -2.26. The van der Waals surface area contributed by atoms with Crippen molar-refractivity contribution in [2.45, 2.75) is 32.3 Å². The Balaban J connectivity index is 1.59. The quantitative estimate of drug-likeness (QED) is 0.402. The number of hydrazine groups is 1. The number of nitrogens with zero attached hydrogens (tertiary/aromatic N) is 1. The van der Waals surface area contributed by atoms with Gasteiger partial charge < -0.3 is 20.2 Å². The Labute approximate surface area is 166 Å². The van der Waals surface area contributed by atoms with Crippen LogP contribution in [0.2, 0.25) is 25.7 Å². The number of rotatable bonds is 11. The molecule has 0 fully saturated rings. The van der Waals surface area contributed by atoms with E-state index in [1.165, 1.54) is 11.6 Å². The predicted molar refractivity (Wildman–Crippen MR) is 113 cm³/mol. The van der Waals surface area contributed by atoms with Gasteiger partial charge in [0, 0.05) is 33.6 Å². The zero-order chi connectivity index (χ0) is 18.8. The van der Waals surface area contributed by atoms with E-state index in [-0.39, 0.29) is 0 Å². The second-order valence-electron chi connectivity index (χ2n) is 7.45. The van der Waals surface area contributed by atoms with Crippen LogP contribution < -0.4 is 10.7 Å². The third-order valence-electron chi connectivity index (χ3n) is 3.80. The standard InChI is InChI=1S/C19H30BrN3O2Si/c1-26(2,3)12-11-25-16-23-14-18(20)19(13-22-23)21-9-10-24-15-17-7-5-4-6-8-17/h4-8,13-14,21-22H,9-12,15-16H2,1-3H3. The van der Waals surface area contributed by atoms with Crippen LogP contribution in [0, 0.1) is 0 Å². The number of nitrogens with one attached hydrogen (secondary N) is 2. The lowest BCUT2D eigenvalue weighted by Crippen LogP contribution is -2.37. The second kappa shape index (κ2) is 10.8. The van der Waals surface area contributed by atoms with E-state index in [1.54, 1.807) is 0 Å². The summed E-state index contributed by atoms with van der Waals surface area (Å²) in [7, 11) is -1.03. The Morgan fingerprint density at radius 3 is 2.58 bits per heavy atom. The summed E-state index contributed by atoms with van der Waals surface area (Å²) in [5, 5.41) is 5.28. The molecule has 144 valence electrons. The Hall–Kier alpha value is -1.28. The first-order valence-electron chi connectivity index (χ1n) is 8.98. The molecule has 0 aromatic heterocycles. The summed E-state index contributed by atoms with van der Waals surface area (Å²) in [5.41, 5.74) is 5.41. The smallest absolute Gasteiger partial charge is 0.137 e. The number of halogens is 1. The fraction of sp³-hybridized carbons (Fsp3) is 0.474. The van der Waals surface area contributed by atoms with Gasteiger partial charge in [-0.2, -0.15) is 0 Å². The largest absolute Gasteiger partial charge is 0.381 e. The molecule has 0 saturated heterocycles. The highest BCUT2D eigenvalue weighted by Crippen LogP contribution is 2.18. The van der Waals surface area contributed by atoms with Crippen molar-refractivity contribution in [3.05, 3.63) is 58.5 Å². The molecule has 0 bridgehead atoms. The number of hydrogen-bond acceptors (Lipinski definition) is 5. The number of benzene rings is 1. The molecule has 1 aliphatic rings. The average molecular weight is 440 g/mol. The zero-order valence-corrected chi connectivity index (χ0v) is 18.5. The van der Waals surface area contributed by atoms with Crippen molar-refractivity contribution >= 4 is 24.0 Å². The van der Waals surface area contributed by atoms with E-state index in [4.69, 9.17) is 9.47 Å². The molecule has 0 saturated carbocycles. The van der Waals surface area contributed by atoms with Gasteiger partial charge in [-0.25, -0.2) is 0 Å². The Kier molecular flexibility index (Phi) is 8.70.